The van der Waals surface area contributed by atoms with Gasteiger partial charge in [0, 0.05) is 11.5 Å². The molecule has 1 heterocycles. The minimum atomic E-state index is -0.947. The number of hydrogen-bond donors (Lipinski definition) is 1. The summed E-state index contributed by atoms with van der Waals surface area (Å²) in [5.74, 6) is 0.0424. The summed E-state index contributed by atoms with van der Waals surface area (Å²) in [6, 6.07) is 9.88. The molecular weight excluding hydrogens is 396 g/mol. The number of carboxylic acid groups (broad SMARTS) is 1. The van der Waals surface area contributed by atoms with Gasteiger partial charge in [0.05, 0.1) is 6.10 Å². The molecule has 30 heavy (non-hydrogen) atoms. The van der Waals surface area contributed by atoms with Crippen molar-refractivity contribution >= 4 is 17.7 Å². The second-order valence-electron chi connectivity index (χ2n) is 8.90. The molecule has 1 fully saturated rings. The summed E-state index contributed by atoms with van der Waals surface area (Å²) in [6.07, 6.45) is 11.7. The molecule has 5 heteroatoms. The highest BCUT2D eigenvalue weighted by molar-refractivity contribution is 8.01. The zero-order valence-corrected chi connectivity index (χ0v) is 19.1. The SMILES string of the molecule is CC(C)C1C=CC(Sc2ccccc2)(C(=O)O)CCCC(OC2CCCCO2)CC1. The Kier molecular flexibility index (Phi) is 8.84. The molecule has 0 spiro atoms. The predicted octanol–water partition coefficient (Wildman–Crippen LogP) is 6.31. The van der Waals surface area contributed by atoms with Gasteiger partial charge in [0.15, 0.2) is 6.29 Å². The van der Waals surface area contributed by atoms with Crippen molar-refractivity contribution in [2.24, 2.45) is 11.8 Å². The largest absolute Gasteiger partial charge is 0.480 e. The van der Waals surface area contributed by atoms with Crippen LogP contribution in [-0.4, -0.2) is 34.8 Å². The van der Waals surface area contributed by atoms with Crippen LogP contribution in [0, 0.1) is 11.8 Å². The summed E-state index contributed by atoms with van der Waals surface area (Å²) in [6.45, 7) is 5.21. The molecule has 0 bridgehead atoms. The van der Waals surface area contributed by atoms with Crippen molar-refractivity contribution < 1.29 is 19.4 Å². The lowest BCUT2D eigenvalue weighted by Gasteiger charge is -2.32. The van der Waals surface area contributed by atoms with E-state index in [-0.39, 0.29) is 12.4 Å². The molecule has 166 valence electrons. The number of rotatable bonds is 6. The lowest BCUT2D eigenvalue weighted by Crippen LogP contribution is -2.35. The first kappa shape index (κ1) is 23.4. The maximum atomic E-state index is 12.5. The minimum Gasteiger partial charge on any atom is -0.480 e. The van der Waals surface area contributed by atoms with Gasteiger partial charge < -0.3 is 14.6 Å². The average Bonchev–Trinajstić information content (AvgIpc) is 2.74. The van der Waals surface area contributed by atoms with Gasteiger partial charge >= 0.3 is 5.97 Å². The number of carboxylic acids is 1. The summed E-state index contributed by atoms with van der Waals surface area (Å²) in [5.41, 5.74) is 0. The summed E-state index contributed by atoms with van der Waals surface area (Å²) < 4.78 is 11.2. The molecule has 0 saturated carbocycles. The molecule has 1 aliphatic carbocycles. The van der Waals surface area contributed by atoms with Gasteiger partial charge in [0.2, 0.25) is 0 Å². The van der Waals surface area contributed by atoms with Crippen LogP contribution in [-0.2, 0) is 14.3 Å². The fourth-order valence-electron chi connectivity index (χ4n) is 4.30. The number of allylic oxidation sites excluding steroid dienone is 1. The van der Waals surface area contributed by atoms with Crippen LogP contribution in [0.4, 0.5) is 0 Å². The van der Waals surface area contributed by atoms with Gasteiger partial charge in [-0.3, -0.25) is 4.79 Å². The lowest BCUT2D eigenvalue weighted by atomic mass is 9.85. The zero-order chi connectivity index (χ0) is 21.4. The standard InChI is InChI=1S/C25H36O4S/c1-19(2)20-13-14-21(29-23-12-6-7-18-28-23)9-8-16-25(17-15-20,24(26)27)30-22-10-4-3-5-11-22/h3-5,10-11,15,17,19-21,23H,6-9,12-14,16,18H2,1-2H3,(H,26,27). The van der Waals surface area contributed by atoms with E-state index in [4.69, 9.17) is 9.47 Å². The number of hydrogen-bond acceptors (Lipinski definition) is 4. The van der Waals surface area contributed by atoms with Crippen molar-refractivity contribution in [1.29, 1.82) is 0 Å². The Morgan fingerprint density at radius 1 is 1.13 bits per heavy atom. The Morgan fingerprint density at radius 3 is 2.60 bits per heavy atom. The zero-order valence-electron chi connectivity index (χ0n) is 18.3. The second-order valence-corrected chi connectivity index (χ2v) is 10.3. The smallest absolute Gasteiger partial charge is 0.324 e. The highest BCUT2D eigenvalue weighted by atomic mass is 32.2. The Morgan fingerprint density at radius 2 is 1.93 bits per heavy atom. The molecule has 2 aliphatic rings. The van der Waals surface area contributed by atoms with Crippen molar-refractivity contribution in [1.82, 2.24) is 0 Å². The fourth-order valence-corrected chi connectivity index (χ4v) is 5.50. The molecule has 0 aromatic heterocycles. The van der Waals surface area contributed by atoms with Gasteiger partial charge in [-0.1, -0.05) is 44.2 Å². The van der Waals surface area contributed by atoms with Gasteiger partial charge in [0.25, 0.3) is 0 Å². The van der Waals surface area contributed by atoms with E-state index in [1.165, 1.54) is 11.8 Å². The third kappa shape index (κ3) is 6.60. The van der Waals surface area contributed by atoms with E-state index >= 15 is 0 Å². The number of ether oxygens (including phenoxy) is 2. The van der Waals surface area contributed by atoms with Crippen LogP contribution in [0.2, 0.25) is 0 Å². The molecule has 1 N–H and O–H groups in total. The summed E-state index contributed by atoms with van der Waals surface area (Å²) in [4.78, 5) is 13.5. The molecule has 1 aromatic rings. The maximum Gasteiger partial charge on any atom is 0.324 e. The first-order valence-corrected chi connectivity index (χ1v) is 12.2. The summed E-state index contributed by atoms with van der Waals surface area (Å²) >= 11 is 1.46. The molecule has 4 nitrogen and oxygen atoms in total. The van der Waals surface area contributed by atoms with Crippen molar-refractivity contribution in [3.05, 3.63) is 42.5 Å². The van der Waals surface area contributed by atoms with Gasteiger partial charge in [0.1, 0.15) is 4.75 Å². The van der Waals surface area contributed by atoms with E-state index in [0.717, 1.165) is 56.4 Å². The van der Waals surface area contributed by atoms with Gasteiger partial charge in [-0.15, -0.1) is 11.8 Å². The Hall–Kier alpha value is -1.30. The molecule has 1 aliphatic heterocycles. The number of aliphatic carboxylic acids is 1. The van der Waals surface area contributed by atoms with Crippen LogP contribution in [0.15, 0.2) is 47.4 Å². The van der Waals surface area contributed by atoms with Gasteiger partial charge in [-0.25, -0.2) is 0 Å². The topological polar surface area (TPSA) is 55.8 Å². The van der Waals surface area contributed by atoms with E-state index in [9.17, 15) is 9.90 Å². The highest BCUT2D eigenvalue weighted by Crippen LogP contribution is 2.41. The van der Waals surface area contributed by atoms with Crippen LogP contribution in [0.5, 0.6) is 0 Å². The third-order valence-corrected chi connectivity index (χ3v) is 7.64. The first-order chi connectivity index (χ1) is 14.5. The molecule has 4 unspecified atom stereocenters. The monoisotopic (exact) mass is 432 g/mol. The number of thioether (sulfide) groups is 1. The second kappa shape index (κ2) is 11.4. The van der Waals surface area contributed by atoms with E-state index in [1.54, 1.807) is 0 Å². The molecule has 0 amide bonds. The van der Waals surface area contributed by atoms with Crippen LogP contribution in [0.3, 0.4) is 0 Å². The average molecular weight is 433 g/mol. The predicted molar refractivity (Wildman–Crippen MR) is 122 cm³/mol. The Labute approximate surface area is 185 Å². The van der Waals surface area contributed by atoms with Crippen LogP contribution in [0.25, 0.3) is 0 Å². The van der Waals surface area contributed by atoms with Crippen molar-refractivity contribution in [3.8, 4) is 0 Å². The van der Waals surface area contributed by atoms with Crippen LogP contribution >= 0.6 is 11.8 Å². The third-order valence-electron chi connectivity index (χ3n) is 6.25. The van der Waals surface area contributed by atoms with E-state index in [1.807, 2.05) is 36.4 Å². The normalized spacial score (nSPS) is 30.8. The molecule has 1 saturated heterocycles. The number of carbonyl (C=O) groups is 1. The Bertz CT molecular complexity index is 684. The van der Waals surface area contributed by atoms with Crippen LogP contribution < -0.4 is 0 Å². The van der Waals surface area contributed by atoms with E-state index in [2.05, 4.69) is 19.9 Å². The van der Waals surface area contributed by atoms with Crippen molar-refractivity contribution in [3.63, 3.8) is 0 Å². The van der Waals surface area contributed by atoms with E-state index in [0.29, 0.717) is 18.3 Å². The number of benzene rings is 1. The van der Waals surface area contributed by atoms with Crippen LogP contribution in [0.1, 0.15) is 65.2 Å². The molecule has 0 radical (unpaired) electrons. The van der Waals surface area contributed by atoms with Gasteiger partial charge in [-0.2, -0.15) is 0 Å². The molecule has 4 atom stereocenters. The fraction of sp³-hybridized carbons (Fsp3) is 0.640. The van der Waals surface area contributed by atoms with E-state index < -0.39 is 10.7 Å². The first-order valence-electron chi connectivity index (χ1n) is 11.4. The maximum absolute atomic E-state index is 12.5. The van der Waals surface area contributed by atoms with Gasteiger partial charge in [-0.05, 0) is 75.3 Å². The molecule has 3 rings (SSSR count). The summed E-state index contributed by atoms with van der Waals surface area (Å²) in [5, 5.41) is 10.3. The minimum absolute atomic E-state index is 0.0948. The Balaban J connectivity index is 1.79. The van der Waals surface area contributed by atoms with Crippen molar-refractivity contribution in [2.75, 3.05) is 6.61 Å². The highest BCUT2D eigenvalue weighted by Gasteiger charge is 2.38. The van der Waals surface area contributed by atoms with Crippen molar-refractivity contribution in [2.45, 2.75) is 87.3 Å². The molecule has 1 aromatic carbocycles. The summed E-state index contributed by atoms with van der Waals surface area (Å²) in [7, 11) is 0. The molecular formula is C25H36O4S. The lowest BCUT2D eigenvalue weighted by molar-refractivity contribution is -0.191. The quantitative estimate of drug-likeness (QED) is 0.534.